The number of aliphatic hydroxyl groups is 1. The van der Waals surface area contributed by atoms with E-state index in [1.165, 1.54) is 40.6 Å². The first-order valence-corrected chi connectivity index (χ1v) is 20.1. The Morgan fingerprint density at radius 2 is 1.42 bits per heavy atom. The maximum absolute atomic E-state index is 13.1. The Morgan fingerprint density at radius 3 is 2.00 bits per heavy atom. The number of aromatic nitrogens is 4. The molecule has 8 nitrogen and oxygen atoms in total. The van der Waals surface area contributed by atoms with Gasteiger partial charge in [-0.1, -0.05) is 6.92 Å². The molecule has 0 fully saturated rings. The molecule has 0 radical (unpaired) electrons. The molecule has 9 heteroatoms. The van der Waals surface area contributed by atoms with Gasteiger partial charge in [-0.3, -0.25) is 0 Å². The summed E-state index contributed by atoms with van der Waals surface area (Å²) in [5, 5.41) is 13.2. The van der Waals surface area contributed by atoms with Crippen LogP contribution in [-0.2, 0) is 24.4 Å². The fraction of sp³-hybridized carbons (Fsp3) is 0.615. The van der Waals surface area contributed by atoms with Gasteiger partial charge in [0.1, 0.15) is 0 Å². The minimum absolute atomic E-state index is 0.0773. The van der Waals surface area contributed by atoms with Crippen molar-refractivity contribution < 1.29 is 14.6 Å². The molecule has 0 amide bonds. The Morgan fingerprint density at radius 1 is 0.833 bits per heavy atom. The van der Waals surface area contributed by atoms with Crippen LogP contribution in [0.1, 0.15) is 136 Å². The van der Waals surface area contributed by atoms with E-state index in [4.69, 9.17) is 14.7 Å². The van der Waals surface area contributed by atoms with E-state index in [0.29, 0.717) is 12.8 Å². The summed E-state index contributed by atoms with van der Waals surface area (Å²) >= 11 is -0.0850. The number of hydrogen-bond acceptors (Lipinski definition) is 6. The van der Waals surface area contributed by atoms with Crippen molar-refractivity contribution in [1.29, 1.82) is 0 Å². The molecule has 0 saturated heterocycles. The van der Waals surface area contributed by atoms with E-state index < -0.39 is 0 Å². The van der Waals surface area contributed by atoms with Gasteiger partial charge >= 0.3 is 287 Å². The predicted molar refractivity (Wildman–Crippen MR) is 201 cm³/mol. The summed E-state index contributed by atoms with van der Waals surface area (Å²) in [5.74, 6) is 3.04. The molecule has 0 aliphatic rings. The molecule has 3 aromatic heterocycles. The van der Waals surface area contributed by atoms with Gasteiger partial charge in [0.2, 0.25) is 0 Å². The third kappa shape index (κ3) is 7.26. The monoisotopic (exact) mass is 723 g/mol. The van der Waals surface area contributed by atoms with Gasteiger partial charge in [-0.15, -0.1) is 0 Å². The van der Waals surface area contributed by atoms with Gasteiger partial charge in [0.25, 0.3) is 0 Å². The fourth-order valence-corrected chi connectivity index (χ4v) is 10.0. The number of ketones is 1. The molecule has 3 heterocycles. The summed E-state index contributed by atoms with van der Waals surface area (Å²) in [6.45, 7) is 18.4. The topological polar surface area (TPSA) is 85.4 Å². The van der Waals surface area contributed by atoms with Gasteiger partial charge in [-0.25, -0.2) is 0 Å². The zero-order valence-corrected chi connectivity index (χ0v) is 32.3. The van der Waals surface area contributed by atoms with Crippen LogP contribution >= 0.6 is 0 Å². The van der Waals surface area contributed by atoms with Crippen molar-refractivity contribution in [2.24, 2.45) is 0 Å². The Kier molecular flexibility index (Phi) is 12.4. The molecular formula is C39H57N5O3Se. The van der Waals surface area contributed by atoms with Crippen molar-refractivity contribution in [3.05, 3.63) is 29.3 Å². The molecule has 48 heavy (non-hydrogen) atoms. The quantitative estimate of drug-likeness (QED) is 0.0677. The zero-order valence-electron chi connectivity index (χ0n) is 30.6. The van der Waals surface area contributed by atoms with E-state index in [1.54, 1.807) is 7.11 Å². The second-order valence-corrected chi connectivity index (χ2v) is 16.1. The van der Waals surface area contributed by atoms with Crippen LogP contribution in [0.3, 0.4) is 0 Å². The molecule has 0 bridgehead atoms. The number of unbranched alkanes of at least 4 members (excludes halogenated alkanes) is 5. The van der Waals surface area contributed by atoms with Crippen molar-refractivity contribution >= 4 is 61.6 Å². The second-order valence-electron chi connectivity index (χ2n) is 14.0. The first-order chi connectivity index (χ1) is 23.2. The number of benzene rings is 2. The number of imidazole rings is 2. The van der Waals surface area contributed by atoms with Gasteiger partial charge in [0, 0.05) is 0 Å². The van der Waals surface area contributed by atoms with Gasteiger partial charge in [-0.2, -0.15) is 0 Å². The SMILES string of the molecule is CCCCCCC(=O)Cc1nc2cc3c([se]c4c(OC)c5c(cc43)nc(CN(CCCC)CCCC)n5C(C)C)c(CO)c2n1C(C)C. The fourth-order valence-electron chi connectivity index (χ4n) is 7.28. The number of aliphatic hydroxyl groups excluding tert-OH is 1. The Hall–Kier alpha value is -2.71. The summed E-state index contributed by atoms with van der Waals surface area (Å²) in [7, 11) is 1.78. The van der Waals surface area contributed by atoms with E-state index in [0.717, 1.165) is 94.7 Å². The van der Waals surface area contributed by atoms with Crippen molar-refractivity contribution in [2.75, 3.05) is 20.2 Å². The van der Waals surface area contributed by atoms with Crippen molar-refractivity contribution in [3.63, 3.8) is 0 Å². The Balaban J connectivity index is 1.67. The van der Waals surface area contributed by atoms with Crippen molar-refractivity contribution in [3.8, 4) is 5.75 Å². The average Bonchev–Trinajstić information content (AvgIpc) is 3.72. The van der Waals surface area contributed by atoms with Gasteiger partial charge in [0.15, 0.2) is 0 Å². The summed E-state index contributed by atoms with van der Waals surface area (Å²) in [6.07, 6.45) is 10.0. The van der Waals surface area contributed by atoms with E-state index in [-0.39, 0.29) is 39.0 Å². The van der Waals surface area contributed by atoms with Gasteiger partial charge < -0.3 is 0 Å². The summed E-state index contributed by atoms with van der Waals surface area (Å²) in [6, 6.07) is 4.77. The van der Waals surface area contributed by atoms with E-state index in [2.05, 4.69) is 74.6 Å². The molecule has 5 rings (SSSR count). The second kappa shape index (κ2) is 16.3. The summed E-state index contributed by atoms with van der Waals surface area (Å²) in [5.41, 5.74) is 4.76. The van der Waals surface area contributed by atoms with Crippen molar-refractivity contribution in [1.82, 2.24) is 24.0 Å². The number of nitrogens with zero attached hydrogens (tertiary/aromatic N) is 5. The van der Waals surface area contributed by atoms with Crippen LogP contribution in [0.2, 0.25) is 0 Å². The Bertz CT molecular complexity index is 1860. The van der Waals surface area contributed by atoms with Crippen LogP contribution in [0, 0.1) is 0 Å². The first kappa shape index (κ1) is 36.6. The zero-order chi connectivity index (χ0) is 34.5. The minimum atomic E-state index is -0.0850. The average molecular weight is 723 g/mol. The number of Topliss-reactive ketones (excluding diaryl/α,β-unsaturated/α-hetero) is 1. The Labute approximate surface area is 292 Å². The molecular weight excluding hydrogens is 665 g/mol. The first-order valence-electron chi connectivity index (χ1n) is 18.4. The number of carbonyl (C=O) groups excluding carboxylic acids is 1. The number of fused-ring (bicyclic) bond motifs is 5. The van der Waals surface area contributed by atoms with E-state index in [1.807, 2.05) is 0 Å². The summed E-state index contributed by atoms with van der Waals surface area (Å²) < 4.78 is 13.3. The number of hydrogen-bond donors (Lipinski definition) is 1. The van der Waals surface area contributed by atoms with Gasteiger partial charge in [0.05, 0.1) is 0 Å². The molecule has 0 aliphatic heterocycles. The third-order valence-electron chi connectivity index (χ3n) is 9.63. The third-order valence-corrected chi connectivity index (χ3v) is 12.3. The number of methoxy groups -OCH3 is 1. The standard InChI is InChI=1S/C39H57N5O3Se/c1-9-12-15-16-17-27(46)20-33-40-31-21-28-29-22-32-36(44(26(6)7)34(41-32)23-42(18-13-10-2)19-14-11-3)37(47-8)39(29)48-38(28)30(24-45)35(31)43(33)25(4)5/h21-22,25-26,45H,9-20,23-24H2,1-8H3. The van der Waals surface area contributed by atoms with E-state index in [9.17, 15) is 9.90 Å². The molecule has 0 aliphatic carbocycles. The van der Waals surface area contributed by atoms with Crippen LogP contribution in [-0.4, -0.2) is 69.6 Å². The van der Waals surface area contributed by atoms with Crippen LogP contribution in [0.4, 0.5) is 0 Å². The number of ether oxygens (including phenoxy) is 1. The van der Waals surface area contributed by atoms with Crippen molar-refractivity contribution in [2.45, 2.75) is 138 Å². The molecule has 0 atom stereocenters. The molecule has 262 valence electrons. The molecule has 2 aromatic carbocycles. The number of rotatable bonds is 19. The normalized spacial score (nSPS) is 12.4. The molecule has 0 saturated carbocycles. The molecule has 1 N–H and O–H groups in total. The van der Waals surface area contributed by atoms with Crippen LogP contribution in [0.25, 0.3) is 41.4 Å². The summed E-state index contributed by atoms with van der Waals surface area (Å²) in [4.78, 5) is 26.0. The predicted octanol–water partition coefficient (Wildman–Crippen LogP) is 8.90. The molecule has 0 unspecified atom stereocenters. The van der Waals surface area contributed by atoms with E-state index >= 15 is 0 Å². The van der Waals surface area contributed by atoms with Gasteiger partial charge in [-0.05, 0) is 0 Å². The van der Waals surface area contributed by atoms with Crippen LogP contribution in [0.15, 0.2) is 12.1 Å². The number of carbonyl (C=O) groups is 1. The molecule has 5 aromatic rings. The van der Waals surface area contributed by atoms with Crippen LogP contribution in [0.5, 0.6) is 5.75 Å². The molecule has 0 spiro atoms. The maximum atomic E-state index is 13.1. The van der Waals surface area contributed by atoms with Crippen LogP contribution < -0.4 is 4.74 Å².